The van der Waals surface area contributed by atoms with Crippen LogP contribution >= 0.6 is 0 Å². The van der Waals surface area contributed by atoms with Gasteiger partial charge in [0.25, 0.3) is 5.91 Å². The quantitative estimate of drug-likeness (QED) is 0.764. The van der Waals surface area contributed by atoms with Gasteiger partial charge in [0.1, 0.15) is 17.7 Å². The molecule has 0 aromatic carbocycles. The molecule has 21 heavy (non-hydrogen) atoms. The largest absolute Gasteiger partial charge is 0.472 e. The molecule has 3 aromatic rings. The highest BCUT2D eigenvalue weighted by molar-refractivity contribution is 5.93. The van der Waals surface area contributed by atoms with Crippen LogP contribution in [0.3, 0.4) is 0 Å². The highest BCUT2D eigenvalue weighted by Gasteiger charge is 2.06. The van der Waals surface area contributed by atoms with Gasteiger partial charge in [-0.3, -0.25) is 19.4 Å². The Morgan fingerprint density at radius 3 is 3.00 bits per heavy atom. The SMILES string of the molecule is O=C(NCCn1ccc(-c2cnccn2)n1)c1ccoc1. The number of rotatable bonds is 5. The van der Waals surface area contributed by atoms with Gasteiger partial charge in [0, 0.05) is 25.1 Å². The summed E-state index contributed by atoms with van der Waals surface area (Å²) in [6.45, 7) is 1.05. The molecular formula is C14H13N5O2. The molecule has 0 spiro atoms. The zero-order chi connectivity index (χ0) is 14.5. The molecule has 0 saturated carbocycles. The molecule has 0 radical (unpaired) electrons. The second-order valence-electron chi connectivity index (χ2n) is 4.32. The summed E-state index contributed by atoms with van der Waals surface area (Å²) in [6, 6.07) is 3.48. The molecule has 7 nitrogen and oxygen atoms in total. The van der Waals surface area contributed by atoms with Crippen molar-refractivity contribution in [1.82, 2.24) is 25.1 Å². The van der Waals surface area contributed by atoms with E-state index in [1.54, 1.807) is 29.3 Å². The fraction of sp³-hybridized carbons (Fsp3) is 0.143. The Morgan fingerprint density at radius 1 is 1.29 bits per heavy atom. The number of hydrogen-bond acceptors (Lipinski definition) is 5. The molecule has 3 aromatic heterocycles. The molecule has 106 valence electrons. The number of furan rings is 1. The summed E-state index contributed by atoms with van der Waals surface area (Å²) < 4.78 is 6.61. The van der Waals surface area contributed by atoms with E-state index in [0.717, 1.165) is 11.4 Å². The van der Waals surface area contributed by atoms with Crippen molar-refractivity contribution in [1.29, 1.82) is 0 Å². The zero-order valence-corrected chi connectivity index (χ0v) is 11.1. The fourth-order valence-corrected chi connectivity index (χ4v) is 1.83. The number of nitrogens with zero attached hydrogens (tertiary/aromatic N) is 4. The average molecular weight is 283 g/mol. The van der Waals surface area contributed by atoms with E-state index in [0.29, 0.717) is 18.7 Å². The maximum absolute atomic E-state index is 11.7. The lowest BCUT2D eigenvalue weighted by molar-refractivity contribution is 0.0951. The molecule has 0 unspecified atom stereocenters. The molecule has 0 saturated heterocycles. The van der Waals surface area contributed by atoms with E-state index in [-0.39, 0.29) is 5.91 Å². The molecule has 0 aliphatic heterocycles. The van der Waals surface area contributed by atoms with E-state index >= 15 is 0 Å². The summed E-state index contributed by atoms with van der Waals surface area (Å²) >= 11 is 0. The van der Waals surface area contributed by atoms with Crippen molar-refractivity contribution in [3.05, 3.63) is 55.0 Å². The number of amides is 1. The van der Waals surface area contributed by atoms with Crippen LogP contribution in [0.15, 0.2) is 53.9 Å². The van der Waals surface area contributed by atoms with E-state index in [1.807, 2.05) is 12.3 Å². The van der Waals surface area contributed by atoms with Crippen molar-refractivity contribution in [3.63, 3.8) is 0 Å². The molecule has 3 rings (SSSR count). The number of carbonyl (C=O) groups excluding carboxylic acids is 1. The Labute approximate surface area is 120 Å². The standard InChI is InChI=1S/C14H13N5O2/c20-14(11-2-8-21-10-11)17-5-7-19-6-1-12(18-19)13-9-15-3-4-16-13/h1-4,6,8-10H,5,7H2,(H,17,20). The van der Waals surface area contributed by atoms with E-state index in [9.17, 15) is 4.79 Å². The molecule has 0 aliphatic rings. The minimum absolute atomic E-state index is 0.162. The van der Waals surface area contributed by atoms with Crippen LogP contribution in [0.2, 0.25) is 0 Å². The van der Waals surface area contributed by atoms with Crippen LogP contribution in [-0.2, 0) is 6.54 Å². The Morgan fingerprint density at radius 2 is 2.24 bits per heavy atom. The van der Waals surface area contributed by atoms with Gasteiger partial charge in [-0.05, 0) is 12.1 Å². The van der Waals surface area contributed by atoms with Crippen LogP contribution < -0.4 is 5.32 Å². The number of aromatic nitrogens is 4. The maximum atomic E-state index is 11.7. The Bertz CT molecular complexity index is 706. The van der Waals surface area contributed by atoms with Gasteiger partial charge in [0.05, 0.1) is 24.6 Å². The van der Waals surface area contributed by atoms with E-state index in [2.05, 4.69) is 20.4 Å². The van der Waals surface area contributed by atoms with Crippen LogP contribution in [-0.4, -0.2) is 32.2 Å². The van der Waals surface area contributed by atoms with E-state index in [4.69, 9.17) is 4.42 Å². The predicted molar refractivity (Wildman–Crippen MR) is 74.3 cm³/mol. The molecule has 0 atom stereocenters. The zero-order valence-electron chi connectivity index (χ0n) is 11.1. The van der Waals surface area contributed by atoms with Gasteiger partial charge in [-0.15, -0.1) is 0 Å². The second kappa shape index (κ2) is 6.00. The van der Waals surface area contributed by atoms with Crippen LogP contribution in [0.25, 0.3) is 11.4 Å². The Kier molecular flexibility index (Phi) is 3.72. The van der Waals surface area contributed by atoms with E-state index in [1.165, 1.54) is 12.5 Å². The average Bonchev–Trinajstić information content (AvgIpc) is 3.20. The predicted octanol–water partition coefficient (Wildman–Crippen LogP) is 1.36. The van der Waals surface area contributed by atoms with Crippen molar-refractivity contribution < 1.29 is 9.21 Å². The molecule has 7 heteroatoms. The van der Waals surface area contributed by atoms with Gasteiger partial charge in [-0.25, -0.2) is 0 Å². The first-order chi connectivity index (χ1) is 10.3. The first kappa shape index (κ1) is 13.0. The molecule has 0 fully saturated rings. The van der Waals surface area contributed by atoms with Crippen molar-refractivity contribution >= 4 is 5.91 Å². The normalized spacial score (nSPS) is 10.5. The van der Waals surface area contributed by atoms with Crippen LogP contribution in [0, 0.1) is 0 Å². The monoisotopic (exact) mass is 283 g/mol. The summed E-state index contributed by atoms with van der Waals surface area (Å²) in [7, 11) is 0. The topological polar surface area (TPSA) is 85.8 Å². The first-order valence-corrected chi connectivity index (χ1v) is 6.43. The van der Waals surface area contributed by atoms with Crippen LogP contribution in [0.5, 0.6) is 0 Å². The van der Waals surface area contributed by atoms with Crippen LogP contribution in [0.1, 0.15) is 10.4 Å². The van der Waals surface area contributed by atoms with Crippen LogP contribution in [0.4, 0.5) is 0 Å². The van der Waals surface area contributed by atoms with Gasteiger partial charge >= 0.3 is 0 Å². The number of nitrogens with one attached hydrogen (secondary N) is 1. The van der Waals surface area contributed by atoms with Crippen molar-refractivity contribution in [2.24, 2.45) is 0 Å². The summed E-state index contributed by atoms with van der Waals surface area (Å²) in [5, 5.41) is 7.18. The smallest absolute Gasteiger partial charge is 0.254 e. The molecule has 3 heterocycles. The minimum Gasteiger partial charge on any atom is -0.472 e. The fourth-order valence-electron chi connectivity index (χ4n) is 1.83. The number of carbonyl (C=O) groups is 1. The summed E-state index contributed by atoms with van der Waals surface area (Å²) in [5.74, 6) is -0.162. The van der Waals surface area contributed by atoms with Crippen molar-refractivity contribution in [2.75, 3.05) is 6.54 Å². The van der Waals surface area contributed by atoms with E-state index < -0.39 is 0 Å². The lowest BCUT2D eigenvalue weighted by Crippen LogP contribution is -2.27. The third kappa shape index (κ3) is 3.14. The Hall–Kier alpha value is -2.96. The van der Waals surface area contributed by atoms with Gasteiger partial charge in [-0.1, -0.05) is 0 Å². The second-order valence-corrected chi connectivity index (χ2v) is 4.32. The molecular weight excluding hydrogens is 270 g/mol. The molecule has 0 aliphatic carbocycles. The van der Waals surface area contributed by atoms with Crippen molar-refractivity contribution in [3.8, 4) is 11.4 Å². The van der Waals surface area contributed by atoms with Gasteiger partial charge in [-0.2, -0.15) is 5.10 Å². The summed E-state index contributed by atoms with van der Waals surface area (Å²) in [6.07, 6.45) is 9.62. The van der Waals surface area contributed by atoms with Crippen molar-refractivity contribution in [2.45, 2.75) is 6.54 Å². The highest BCUT2D eigenvalue weighted by Crippen LogP contribution is 2.11. The lowest BCUT2D eigenvalue weighted by atomic mass is 10.3. The summed E-state index contributed by atoms with van der Waals surface area (Å²) in [5.41, 5.74) is 1.98. The third-order valence-electron chi connectivity index (χ3n) is 2.88. The molecule has 1 amide bonds. The maximum Gasteiger partial charge on any atom is 0.254 e. The highest BCUT2D eigenvalue weighted by atomic mass is 16.3. The lowest BCUT2D eigenvalue weighted by Gasteiger charge is -2.03. The molecule has 0 bridgehead atoms. The molecule has 1 N–H and O–H groups in total. The van der Waals surface area contributed by atoms with Gasteiger partial charge in [0.2, 0.25) is 0 Å². The first-order valence-electron chi connectivity index (χ1n) is 6.43. The van der Waals surface area contributed by atoms with Gasteiger partial charge < -0.3 is 9.73 Å². The summed E-state index contributed by atoms with van der Waals surface area (Å²) in [4.78, 5) is 19.9. The Balaban J connectivity index is 1.55. The third-order valence-corrected chi connectivity index (χ3v) is 2.88. The number of hydrogen-bond donors (Lipinski definition) is 1. The minimum atomic E-state index is -0.162. The van der Waals surface area contributed by atoms with Gasteiger partial charge in [0.15, 0.2) is 0 Å².